The lowest BCUT2D eigenvalue weighted by Gasteiger charge is -2.35. The molecule has 0 bridgehead atoms. The van der Waals surface area contributed by atoms with Crippen LogP contribution in [0.1, 0.15) is 16.8 Å². The number of halogens is 3. The lowest BCUT2D eigenvalue weighted by atomic mass is 10.1. The molecule has 0 radical (unpaired) electrons. The molecule has 9 heteroatoms. The molecule has 0 unspecified atom stereocenters. The molecule has 1 saturated heterocycles. The van der Waals surface area contributed by atoms with E-state index >= 15 is 0 Å². The maximum Gasteiger partial charge on any atom is 0.417 e. The fraction of sp³-hybridized carbons (Fsp3) is 0.261. The third-order valence-electron chi connectivity index (χ3n) is 5.64. The molecule has 0 N–H and O–H groups in total. The Kier molecular flexibility index (Phi) is 5.16. The van der Waals surface area contributed by atoms with E-state index in [-0.39, 0.29) is 0 Å². The number of furan rings is 1. The summed E-state index contributed by atoms with van der Waals surface area (Å²) < 4.78 is 44.1. The maximum absolute atomic E-state index is 12.8. The van der Waals surface area contributed by atoms with Gasteiger partial charge in [-0.2, -0.15) is 18.3 Å². The zero-order chi connectivity index (χ0) is 22.1. The number of alkyl halides is 3. The SMILES string of the molecule is FC(F)(F)c1ccc(N2CCN(c3nnc(Cc4ccccc4)c4ccoc34)CC2)nc1. The van der Waals surface area contributed by atoms with Crippen LogP contribution in [0.2, 0.25) is 0 Å². The van der Waals surface area contributed by atoms with Gasteiger partial charge in [-0.1, -0.05) is 30.3 Å². The van der Waals surface area contributed by atoms with Crippen molar-refractivity contribution in [3.05, 3.63) is 77.8 Å². The van der Waals surface area contributed by atoms with Crippen LogP contribution in [0.15, 0.2) is 65.4 Å². The smallest absolute Gasteiger partial charge is 0.417 e. The summed E-state index contributed by atoms with van der Waals surface area (Å²) in [7, 11) is 0. The van der Waals surface area contributed by atoms with Gasteiger partial charge in [-0.3, -0.25) is 0 Å². The average molecular weight is 439 g/mol. The molecule has 0 saturated carbocycles. The summed E-state index contributed by atoms with van der Waals surface area (Å²) in [6.45, 7) is 2.47. The molecule has 3 aromatic heterocycles. The first-order chi connectivity index (χ1) is 15.5. The minimum absolute atomic E-state index is 0.532. The number of hydrogen-bond donors (Lipinski definition) is 0. The standard InChI is InChI=1S/C23H20F3N5O/c24-23(25,26)17-6-7-20(27-15-17)30-9-11-31(12-10-30)22-21-18(8-13-32-21)19(28-29-22)14-16-4-2-1-3-5-16/h1-8,13,15H,9-12,14H2. The molecule has 1 fully saturated rings. The maximum atomic E-state index is 12.8. The van der Waals surface area contributed by atoms with Gasteiger partial charge in [-0.05, 0) is 23.8 Å². The predicted molar refractivity (Wildman–Crippen MR) is 115 cm³/mol. The fourth-order valence-electron chi connectivity index (χ4n) is 3.93. The Bertz CT molecular complexity index is 1200. The van der Waals surface area contributed by atoms with E-state index in [9.17, 15) is 13.2 Å². The molecule has 4 aromatic rings. The zero-order valence-electron chi connectivity index (χ0n) is 17.1. The van der Waals surface area contributed by atoms with E-state index in [1.807, 2.05) is 29.2 Å². The molecular weight excluding hydrogens is 419 g/mol. The summed E-state index contributed by atoms with van der Waals surface area (Å²) in [6.07, 6.45) is -1.19. The Balaban J connectivity index is 1.31. The lowest BCUT2D eigenvalue weighted by molar-refractivity contribution is -0.137. The van der Waals surface area contributed by atoms with Crippen LogP contribution in [0.25, 0.3) is 11.0 Å². The van der Waals surface area contributed by atoms with Crippen molar-refractivity contribution >= 4 is 22.6 Å². The van der Waals surface area contributed by atoms with E-state index < -0.39 is 11.7 Å². The summed E-state index contributed by atoms with van der Waals surface area (Å²) in [5.41, 5.74) is 1.96. The first-order valence-electron chi connectivity index (χ1n) is 10.3. The van der Waals surface area contributed by atoms with Gasteiger partial charge < -0.3 is 14.2 Å². The Hall–Kier alpha value is -3.62. The second kappa shape index (κ2) is 8.14. The summed E-state index contributed by atoms with van der Waals surface area (Å²) in [4.78, 5) is 8.06. The number of hydrogen-bond acceptors (Lipinski definition) is 6. The number of nitrogens with zero attached hydrogens (tertiary/aromatic N) is 5. The quantitative estimate of drug-likeness (QED) is 0.465. The molecule has 32 heavy (non-hydrogen) atoms. The van der Waals surface area contributed by atoms with E-state index in [0.29, 0.717) is 49.8 Å². The molecule has 6 nitrogen and oxygen atoms in total. The van der Waals surface area contributed by atoms with Gasteiger partial charge in [0, 0.05) is 44.2 Å². The summed E-state index contributed by atoms with van der Waals surface area (Å²) in [5, 5.41) is 9.87. The van der Waals surface area contributed by atoms with Crippen molar-refractivity contribution in [1.29, 1.82) is 0 Å². The Morgan fingerprint density at radius 3 is 2.31 bits per heavy atom. The van der Waals surface area contributed by atoms with Crippen molar-refractivity contribution in [2.45, 2.75) is 12.6 Å². The molecule has 0 atom stereocenters. The van der Waals surface area contributed by atoms with E-state index in [1.165, 1.54) is 6.07 Å². The number of rotatable bonds is 4. The first kappa shape index (κ1) is 20.3. The van der Waals surface area contributed by atoms with Gasteiger partial charge in [-0.15, -0.1) is 5.10 Å². The molecule has 0 aliphatic carbocycles. The predicted octanol–water partition coefficient (Wildman–Crippen LogP) is 4.55. The highest BCUT2D eigenvalue weighted by Crippen LogP contribution is 2.31. The van der Waals surface area contributed by atoms with Crippen molar-refractivity contribution < 1.29 is 17.6 Å². The topological polar surface area (TPSA) is 58.3 Å². The Morgan fingerprint density at radius 1 is 0.875 bits per heavy atom. The van der Waals surface area contributed by atoms with Gasteiger partial charge in [0.15, 0.2) is 11.4 Å². The molecular formula is C23H20F3N5O. The molecule has 1 aliphatic rings. The second-order valence-electron chi connectivity index (χ2n) is 7.67. The number of fused-ring (bicyclic) bond motifs is 1. The van der Waals surface area contributed by atoms with Crippen LogP contribution in [0.5, 0.6) is 0 Å². The highest BCUT2D eigenvalue weighted by atomic mass is 19.4. The molecule has 1 aromatic carbocycles. The van der Waals surface area contributed by atoms with Crippen LogP contribution in [-0.4, -0.2) is 41.4 Å². The zero-order valence-corrected chi connectivity index (χ0v) is 17.1. The van der Waals surface area contributed by atoms with Gasteiger partial charge in [-0.25, -0.2) is 4.98 Å². The fourth-order valence-corrected chi connectivity index (χ4v) is 3.93. The van der Waals surface area contributed by atoms with E-state index in [1.54, 1.807) is 6.26 Å². The Morgan fingerprint density at radius 2 is 1.62 bits per heavy atom. The first-order valence-corrected chi connectivity index (χ1v) is 10.3. The third kappa shape index (κ3) is 3.98. The highest BCUT2D eigenvalue weighted by molar-refractivity contribution is 5.88. The van der Waals surface area contributed by atoms with Crippen LogP contribution < -0.4 is 9.80 Å². The molecule has 4 heterocycles. The van der Waals surface area contributed by atoms with Crippen LogP contribution in [0, 0.1) is 0 Å². The van der Waals surface area contributed by atoms with Gasteiger partial charge >= 0.3 is 6.18 Å². The normalized spacial score (nSPS) is 14.8. The van der Waals surface area contributed by atoms with E-state index in [2.05, 4.69) is 32.2 Å². The van der Waals surface area contributed by atoms with E-state index in [4.69, 9.17) is 4.42 Å². The summed E-state index contributed by atoms with van der Waals surface area (Å²) in [5.74, 6) is 1.21. The molecule has 1 aliphatic heterocycles. The molecule has 0 spiro atoms. The number of benzene rings is 1. The van der Waals surface area contributed by atoms with Crippen LogP contribution in [-0.2, 0) is 12.6 Å². The van der Waals surface area contributed by atoms with Crippen molar-refractivity contribution in [3.8, 4) is 0 Å². The third-order valence-corrected chi connectivity index (χ3v) is 5.64. The molecule has 0 amide bonds. The molecule has 5 rings (SSSR count). The minimum Gasteiger partial charge on any atom is -0.460 e. The second-order valence-corrected chi connectivity index (χ2v) is 7.67. The number of anilines is 2. The highest BCUT2D eigenvalue weighted by Gasteiger charge is 2.31. The van der Waals surface area contributed by atoms with Gasteiger partial charge in [0.1, 0.15) is 5.82 Å². The van der Waals surface area contributed by atoms with Crippen molar-refractivity contribution in [1.82, 2.24) is 15.2 Å². The van der Waals surface area contributed by atoms with Crippen LogP contribution in [0.4, 0.5) is 24.8 Å². The summed E-state index contributed by atoms with van der Waals surface area (Å²) in [6, 6.07) is 14.5. The van der Waals surface area contributed by atoms with Crippen LogP contribution in [0.3, 0.4) is 0 Å². The van der Waals surface area contributed by atoms with Crippen molar-refractivity contribution in [3.63, 3.8) is 0 Å². The average Bonchev–Trinajstić information content (AvgIpc) is 3.30. The van der Waals surface area contributed by atoms with Gasteiger partial charge in [0.2, 0.25) is 0 Å². The molecule has 164 valence electrons. The number of piperazine rings is 1. The Labute approximate surface area is 182 Å². The van der Waals surface area contributed by atoms with E-state index in [0.717, 1.165) is 28.9 Å². The van der Waals surface area contributed by atoms with Crippen LogP contribution >= 0.6 is 0 Å². The largest absolute Gasteiger partial charge is 0.460 e. The summed E-state index contributed by atoms with van der Waals surface area (Å²) >= 11 is 0. The van der Waals surface area contributed by atoms with Gasteiger partial charge in [0.05, 0.1) is 17.5 Å². The lowest BCUT2D eigenvalue weighted by Crippen LogP contribution is -2.47. The monoisotopic (exact) mass is 439 g/mol. The number of aromatic nitrogens is 3. The minimum atomic E-state index is -4.38. The van der Waals surface area contributed by atoms with Crippen molar-refractivity contribution in [2.75, 3.05) is 36.0 Å². The van der Waals surface area contributed by atoms with Crippen molar-refractivity contribution in [2.24, 2.45) is 0 Å². The number of pyridine rings is 1. The van der Waals surface area contributed by atoms with Gasteiger partial charge in [0.25, 0.3) is 0 Å².